The SMILES string of the molecule is CC/C=C\C/C=C\C/C=C\C/C=C\C/C=C\C/C=C\CCCCCCC(=O)OCC(O)COP(=O)(O)OCCNC(=O)CCCCCCC/C=C\C/C=C\CCCCCC. The van der Waals surface area contributed by atoms with Crippen molar-refractivity contribution in [2.75, 3.05) is 26.4 Å². The average Bonchev–Trinajstić information content (AvgIpc) is 3.23. The van der Waals surface area contributed by atoms with Crippen molar-refractivity contribution in [3.05, 3.63) is 97.2 Å². The predicted molar refractivity (Wildman–Crippen MR) is 252 cm³/mol. The number of hydrogen-bond donors (Lipinski definition) is 3. The number of hydrogen-bond acceptors (Lipinski definition) is 7. The average molecular weight is 858 g/mol. The minimum Gasteiger partial charge on any atom is -0.463 e. The van der Waals surface area contributed by atoms with Crippen LogP contribution in [0.1, 0.15) is 174 Å². The molecule has 2 unspecified atom stereocenters. The lowest BCUT2D eigenvalue weighted by Gasteiger charge is -2.15. The van der Waals surface area contributed by atoms with Crippen LogP contribution in [0.25, 0.3) is 0 Å². The summed E-state index contributed by atoms with van der Waals surface area (Å²) in [5, 5.41) is 12.7. The summed E-state index contributed by atoms with van der Waals surface area (Å²) in [6, 6.07) is 0. The summed E-state index contributed by atoms with van der Waals surface area (Å²) in [5.74, 6) is -0.563. The Kier molecular flexibility index (Phi) is 43.1. The third-order valence-corrected chi connectivity index (χ3v) is 10.2. The van der Waals surface area contributed by atoms with Gasteiger partial charge in [0.05, 0.1) is 13.2 Å². The van der Waals surface area contributed by atoms with Gasteiger partial charge in [0.15, 0.2) is 0 Å². The van der Waals surface area contributed by atoms with Crippen LogP contribution in [0.15, 0.2) is 97.2 Å². The number of unbranched alkanes of at least 4 members (excludes halogenated alkanes) is 13. The summed E-state index contributed by atoms with van der Waals surface area (Å²) in [7, 11) is -4.44. The number of ether oxygens (including phenoxy) is 1. The van der Waals surface area contributed by atoms with Crippen LogP contribution in [-0.2, 0) is 27.9 Å². The van der Waals surface area contributed by atoms with Crippen LogP contribution in [-0.4, -0.2) is 54.3 Å². The summed E-state index contributed by atoms with van der Waals surface area (Å²) in [4.78, 5) is 34.0. The molecule has 2 atom stereocenters. The number of rotatable bonds is 42. The molecule has 0 aliphatic carbocycles. The predicted octanol–water partition coefficient (Wildman–Crippen LogP) is 13.4. The Morgan fingerprint density at radius 1 is 0.533 bits per heavy atom. The maximum atomic E-state index is 12.1. The Labute approximate surface area is 365 Å². The molecule has 0 fully saturated rings. The Morgan fingerprint density at radius 3 is 1.43 bits per heavy atom. The fourth-order valence-electron chi connectivity index (χ4n) is 5.77. The van der Waals surface area contributed by atoms with Crippen LogP contribution in [0.5, 0.6) is 0 Å². The Bertz CT molecular complexity index is 1300. The molecule has 0 aliphatic heterocycles. The quantitative estimate of drug-likeness (QED) is 0.0239. The number of carbonyl (C=O) groups is 2. The van der Waals surface area contributed by atoms with E-state index in [2.05, 4.69) is 116 Å². The molecule has 0 rings (SSSR count). The second-order valence-corrected chi connectivity index (χ2v) is 16.4. The fourth-order valence-corrected chi connectivity index (χ4v) is 6.52. The number of amides is 1. The van der Waals surface area contributed by atoms with Gasteiger partial charge in [0, 0.05) is 19.4 Å². The molecule has 10 heteroatoms. The molecule has 1 amide bonds. The van der Waals surface area contributed by atoms with Crippen LogP contribution in [0, 0.1) is 0 Å². The van der Waals surface area contributed by atoms with E-state index in [-0.39, 0.29) is 32.1 Å². The fraction of sp³-hybridized carbons (Fsp3) is 0.640. The van der Waals surface area contributed by atoms with Crippen LogP contribution in [0.3, 0.4) is 0 Å². The van der Waals surface area contributed by atoms with Crippen LogP contribution in [0.2, 0.25) is 0 Å². The van der Waals surface area contributed by atoms with E-state index in [0.29, 0.717) is 12.8 Å². The highest BCUT2D eigenvalue weighted by Crippen LogP contribution is 2.42. The summed E-state index contributed by atoms with van der Waals surface area (Å²) in [6.07, 6.45) is 59.0. The molecule has 0 aromatic heterocycles. The zero-order valence-corrected chi connectivity index (χ0v) is 38.5. The van der Waals surface area contributed by atoms with Crippen molar-refractivity contribution in [2.45, 2.75) is 180 Å². The van der Waals surface area contributed by atoms with Gasteiger partial charge >= 0.3 is 13.8 Å². The van der Waals surface area contributed by atoms with Gasteiger partial charge in [-0.05, 0) is 96.3 Å². The molecule has 0 heterocycles. The molecule has 0 saturated carbocycles. The molecule has 0 bridgehead atoms. The normalized spacial score (nSPS) is 14.1. The largest absolute Gasteiger partial charge is 0.472 e. The van der Waals surface area contributed by atoms with E-state index in [1.54, 1.807) is 0 Å². The molecule has 0 radical (unpaired) electrons. The minimum absolute atomic E-state index is 0.0653. The third-order valence-electron chi connectivity index (χ3n) is 9.25. The number of esters is 1. The highest BCUT2D eigenvalue weighted by Gasteiger charge is 2.23. The van der Waals surface area contributed by atoms with E-state index < -0.39 is 26.5 Å². The van der Waals surface area contributed by atoms with Crippen LogP contribution >= 0.6 is 7.82 Å². The lowest BCUT2D eigenvalue weighted by molar-refractivity contribution is -0.147. The second kappa shape index (κ2) is 45.5. The molecule has 0 spiro atoms. The van der Waals surface area contributed by atoms with Gasteiger partial charge in [0.1, 0.15) is 12.7 Å². The highest BCUT2D eigenvalue weighted by atomic mass is 31.2. The smallest absolute Gasteiger partial charge is 0.463 e. The van der Waals surface area contributed by atoms with Crippen molar-refractivity contribution in [3.63, 3.8) is 0 Å². The first-order chi connectivity index (χ1) is 29.3. The molecule has 60 heavy (non-hydrogen) atoms. The van der Waals surface area contributed by atoms with E-state index in [4.69, 9.17) is 13.8 Å². The monoisotopic (exact) mass is 858 g/mol. The Balaban J connectivity index is 3.69. The van der Waals surface area contributed by atoms with Gasteiger partial charge in [-0.25, -0.2) is 4.57 Å². The Hall–Kier alpha value is -3.07. The molecule has 0 aromatic rings. The van der Waals surface area contributed by atoms with E-state index in [1.807, 2.05) is 0 Å². The zero-order chi connectivity index (χ0) is 43.9. The molecular formula is C50H84NO8P. The number of carbonyl (C=O) groups excluding carboxylic acids is 2. The molecule has 0 aromatic carbocycles. The molecule has 9 nitrogen and oxygen atoms in total. The number of aliphatic hydroxyl groups is 1. The van der Waals surface area contributed by atoms with E-state index >= 15 is 0 Å². The maximum Gasteiger partial charge on any atom is 0.472 e. The number of nitrogens with one attached hydrogen (secondary N) is 1. The summed E-state index contributed by atoms with van der Waals surface area (Å²) >= 11 is 0. The van der Waals surface area contributed by atoms with Gasteiger partial charge in [0.2, 0.25) is 5.91 Å². The Morgan fingerprint density at radius 2 is 0.950 bits per heavy atom. The van der Waals surface area contributed by atoms with Crippen molar-refractivity contribution in [2.24, 2.45) is 0 Å². The summed E-state index contributed by atoms with van der Waals surface area (Å²) in [5.41, 5.74) is 0. The second-order valence-electron chi connectivity index (χ2n) is 15.0. The van der Waals surface area contributed by atoms with Crippen molar-refractivity contribution in [1.82, 2.24) is 5.32 Å². The standard InChI is InChI=1S/C50H84NO8P/c1-3-5-7-9-11-13-15-17-19-21-22-23-24-25-26-27-29-31-33-35-37-39-41-43-50(54)57-46-48(52)47-59-60(55,56)58-45-44-51-49(53)42-40-38-36-34-32-30-28-20-18-16-14-12-10-8-6-4-2/h5,7,11,13-14,16-17,19-20,22-23,25-26,28-29,31,48,52H,3-4,6,8-10,12,15,18,21,24,27,30,32-47H2,1-2H3,(H,51,53)(H,55,56)/b7-5-,13-11-,16-14-,19-17-,23-22-,26-25-,28-20-,31-29-. The maximum absolute atomic E-state index is 12.1. The van der Waals surface area contributed by atoms with Crippen molar-refractivity contribution in [1.29, 1.82) is 0 Å². The van der Waals surface area contributed by atoms with Crippen molar-refractivity contribution < 1.29 is 37.9 Å². The van der Waals surface area contributed by atoms with Gasteiger partial charge in [-0.3, -0.25) is 18.6 Å². The summed E-state index contributed by atoms with van der Waals surface area (Å²) < 4.78 is 26.9. The van der Waals surface area contributed by atoms with Crippen LogP contribution < -0.4 is 5.32 Å². The lowest BCUT2D eigenvalue weighted by atomic mass is 10.1. The first-order valence-corrected chi connectivity index (χ1v) is 24.7. The molecule has 0 saturated heterocycles. The number of aliphatic hydroxyl groups excluding tert-OH is 1. The third kappa shape index (κ3) is 46.0. The van der Waals surface area contributed by atoms with Gasteiger partial charge in [-0.15, -0.1) is 0 Å². The minimum atomic E-state index is -4.44. The molecule has 0 aliphatic rings. The topological polar surface area (TPSA) is 131 Å². The van der Waals surface area contributed by atoms with E-state index in [9.17, 15) is 24.2 Å². The van der Waals surface area contributed by atoms with Gasteiger partial charge in [-0.2, -0.15) is 0 Å². The molecule has 342 valence electrons. The van der Waals surface area contributed by atoms with Crippen LogP contribution in [0.4, 0.5) is 0 Å². The lowest BCUT2D eigenvalue weighted by Crippen LogP contribution is -2.27. The van der Waals surface area contributed by atoms with Gasteiger partial charge < -0.3 is 20.1 Å². The summed E-state index contributed by atoms with van der Waals surface area (Å²) in [6.45, 7) is 3.36. The van der Waals surface area contributed by atoms with Crippen molar-refractivity contribution >= 4 is 19.7 Å². The van der Waals surface area contributed by atoms with Gasteiger partial charge in [0.25, 0.3) is 0 Å². The first kappa shape index (κ1) is 56.9. The van der Waals surface area contributed by atoms with Gasteiger partial charge in [-0.1, -0.05) is 162 Å². The first-order valence-electron chi connectivity index (χ1n) is 23.2. The number of allylic oxidation sites excluding steroid dienone is 16. The number of phosphoric acid groups is 1. The molecule has 3 N–H and O–H groups in total. The van der Waals surface area contributed by atoms with E-state index in [1.165, 1.54) is 32.1 Å². The number of phosphoric ester groups is 1. The van der Waals surface area contributed by atoms with E-state index in [0.717, 1.165) is 109 Å². The highest BCUT2D eigenvalue weighted by molar-refractivity contribution is 7.47. The zero-order valence-electron chi connectivity index (χ0n) is 37.6. The van der Waals surface area contributed by atoms with Crippen molar-refractivity contribution in [3.8, 4) is 0 Å². The molecular weight excluding hydrogens is 774 g/mol.